The minimum atomic E-state index is 0.301. The normalized spacial score (nSPS) is 20.8. The highest BCUT2D eigenvalue weighted by Crippen LogP contribution is 2.16. The monoisotopic (exact) mass is 256 g/mol. The average Bonchev–Trinajstić information content (AvgIpc) is 2.39. The Morgan fingerprint density at radius 1 is 1.32 bits per heavy atom. The zero-order chi connectivity index (χ0) is 13.2. The van der Waals surface area contributed by atoms with Gasteiger partial charge >= 0.3 is 0 Å². The van der Waals surface area contributed by atoms with E-state index in [1.807, 2.05) is 12.1 Å². The molecule has 0 spiro atoms. The Bertz CT molecular complexity index is 581. The Balaban J connectivity index is 1.85. The first-order chi connectivity index (χ1) is 9.22. The molecule has 2 heterocycles. The second-order valence-corrected chi connectivity index (χ2v) is 5.38. The molecule has 19 heavy (non-hydrogen) atoms. The van der Waals surface area contributed by atoms with E-state index in [0.717, 1.165) is 48.5 Å². The number of nitrogens with zero attached hydrogens (tertiary/aromatic N) is 3. The first-order valence-electron chi connectivity index (χ1n) is 6.92. The molecule has 1 atom stereocenters. The summed E-state index contributed by atoms with van der Waals surface area (Å²) in [7, 11) is 0. The SMILES string of the molecule is Cc1nc(CN2CCCC(N)C2)nc2ccccc12. The van der Waals surface area contributed by atoms with Crippen LogP contribution in [0.15, 0.2) is 24.3 Å². The van der Waals surface area contributed by atoms with Crippen molar-refractivity contribution in [2.24, 2.45) is 5.73 Å². The van der Waals surface area contributed by atoms with E-state index in [2.05, 4.69) is 33.9 Å². The van der Waals surface area contributed by atoms with Gasteiger partial charge in [-0.3, -0.25) is 4.90 Å². The fourth-order valence-corrected chi connectivity index (χ4v) is 2.80. The van der Waals surface area contributed by atoms with Gasteiger partial charge in [0.25, 0.3) is 0 Å². The topological polar surface area (TPSA) is 55.0 Å². The predicted molar refractivity (Wildman–Crippen MR) is 76.8 cm³/mol. The van der Waals surface area contributed by atoms with Crippen LogP contribution in [-0.4, -0.2) is 34.0 Å². The highest BCUT2D eigenvalue weighted by atomic mass is 15.2. The summed E-state index contributed by atoms with van der Waals surface area (Å²) in [5.74, 6) is 0.908. The average molecular weight is 256 g/mol. The maximum Gasteiger partial charge on any atom is 0.143 e. The molecule has 100 valence electrons. The standard InChI is InChI=1S/C15H20N4/c1-11-13-6-2-3-7-14(13)18-15(17-11)10-19-8-4-5-12(16)9-19/h2-3,6-7,12H,4-5,8-10,16H2,1H3. The van der Waals surface area contributed by atoms with Gasteiger partial charge in [-0.15, -0.1) is 0 Å². The van der Waals surface area contributed by atoms with Gasteiger partial charge in [0, 0.05) is 23.7 Å². The van der Waals surface area contributed by atoms with Crippen molar-refractivity contribution in [1.29, 1.82) is 0 Å². The molecule has 1 aliphatic rings. The molecule has 2 N–H and O–H groups in total. The van der Waals surface area contributed by atoms with E-state index >= 15 is 0 Å². The van der Waals surface area contributed by atoms with E-state index in [9.17, 15) is 0 Å². The van der Waals surface area contributed by atoms with Crippen LogP contribution in [0.2, 0.25) is 0 Å². The van der Waals surface area contributed by atoms with Crippen molar-refractivity contribution in [2.75, 3.05) is 13.1 Å². The molecule has 1 saturated heterocycles. The maximum atomic E-state index is 6.02. The van der Waals surface area contributed by atoms with Crippen molar-refractivity contribution in [2.45, 2.75) is 32.4 Å². The molecule has 4 nitrogen and oxygen atoms in total. The zero-order valence-electron chi connectivity index (χ0n) is 11.3. The van der Waals surface area contributed by atoms with E-state index in [1.54, 1.807) is 0 Å². The van der Waals surface area contributed by atoms with Crippen molar-refractivity contribution in [3.8, 4) is 0 Å². The van der Waals surface area contributed by atoms with Gasteiger partial charge in [0.1, 0.15) is 5.82 Å². The molecule has 2 aromatic rings. The summed E-state index contributed by atoms with van der Waals surface area (Å²) in [4.78, 5) is 11.6. The fraction of sp³-hybridized carbons (Fsp3) is 0.467. The summed E-state index contributed by atoms with van der Waals surface area (Å²) in [6.07, 6.45) is 2.31. The van der Waals surface area contributed by atoms with Gasteiger partial charge in [0.15, 0.2) is 0 Å². The number of piperidine rings is 1. The molecule has 1 aromatic carbocycles. The predicted octanol–water partition coefficient (Wildman–Crippen LogP) is 1.86. The molecule has 3 rings (SSSR count). The Morgan fingerprint density at radius 3 is 3.00 bits per heavy atom. The largest absolute Gasteiger partial charge is 0.327 e. The summed E-state index contributed by atoms with van der Waals surface area (Å²) < 4.78 is 0. The van der Waals surface area contributed by atoms with Crippen molar-refractivity contribution in [3.63, 3.8) is 0 Å². The van der Waals surface area contributed by atoms with Gasteiger partial charge in [-0.25, -0.2) is 9.97 Å². The second-order valence-electron chi connectivity index (χ2n) is 5.38. The molecule has 4 heteroatoms. The van der Waals surface area contributed by atoms with E-state index < -0.39 is 0 Å². The lowest BCUT2D eigenvalue weighted by molar-refractivity contribution is 0.197. The molecule has 1 aliphatic heterocycles. The Kier molecular flexibility index (Phi) is 3.44. The first-order valence-corrected chi connectivity index (χ1v) is 6.92. The molecular formula is C15H20N4. The quantitative estimate of drug-likeness (QED) is 0.891. The molecule has 0 amide bonds. The fourth-order valence-electron chi connectivity index (χ4n) is 2.80. The lowest BCUT2D eigenvalue weighted by atomic mass is 10.1. The number of rotatable bonds is 2. The highest BCUT2D eigenvalue weighted by molar-refractivity contribution is 5.80. The minimum absolute atomic E-state index is 0.301. The number of hydrogen-bond acceptors (Lipinski definition) is 4. The van der Waals surface area contributed by atoms with Gasteiger partial charge in [-0.1, -0.05) is 18.2 Å². The lowest BCUT2D eigenvalue weighted by Gasteiger charge is -2.30. The van der Waals surface area contributed by atoms with E-state index in [0.29, 0.717) is 6.04 Å². The van der Waals surface area contributed by atoms with Crippen LogP contribution in [0.3, 0.4) is 0 Å². The maximum absolute atomic E-state index is 6.02. The van der Waals surface area contributed by atoms with Gasteiger partial charge in [0.2, 0.25) is 0 Å². The number of fused-ring (bicyclic) bond motifs is 1. The van der Waals surface area contributed by atoms with E-state index in [4.69, 9.17) is 5.73 Å². The lowest BCUT2D eigenvalue weighted by Crippen LogP contribution is -2.42. The summed E-state index contributed by atoms with van der Waals surface area (Å²) in [6.45, 7) is 4.91. The van der Waals surface area contributed by atoms with Crippen LogP contribution in [0, 0.1) is 6.92 Å². The third kappa shape index (κ3) is 2.74. The molecule has 0 radical (unpaired) electrons. The number of aryl methyl sites for hydroxylation is 1. The minimum Gasteiger partial charge on any atom is -0.327 e. The van der Waals surface area contributed by atoms with E-state index in [1.165, 1.54) is 6.42 Å². The number of hydrogen-bond donors (Lipinski definition) is 1. The van der Waals surface area contributed by atoms with Crippen LogP contribution >= 0.6 is 0 Å². The van der Waals surface area contributed by atoms with Crippen LogP contribution in [0.5, 0.6) is 0 Å². The van der Waals surface area contributed by atoms with Crippen molar-refractivity contribution >= 4 is 10.9 Å². The first kappa shape index (κ1) is 12.5. The van der Waals surface area contributed by atoms with Gasteiger partial charge in [0.05, 0.1) is 12.1 Å². The zero-order valence-corrected chi connectivity index (χ0v) is 11.3. The second kappa shape index (κ2) is 5.23. The van der Waals surface area contributed by atoms with Crippen molar-refractivity contribution in [1.82, 2.24) is 14.9 Å². The number of likely N-dealkylation sites (tertiary alicyclic amines) is 1. The van der Waals surface area contributed by atoms with Gasteiger partial charge < -0.3 is 5.73 Å². The summed E-state index contributed by atoms with van der Waals surface area (Å²) in [5, 5.41) is 1.14. The van der Waals surface area contributed by atoms with Crippen LogP contribution < -0.4 is 5.73 Å². The summed E-state index contributed by atoms with van der Waals surface area (Å²) in [6, 6.07) is 8.48. The van der Waals surface area contributed by atoms with Crippen LogP contribution in [0.1, 0.15) is 24.4 Å². The number of aromatic nitrogens is 2. The Morgan fingerprint density at radius 2 is 2.16 bits per heavy atom. The Hall–Kier alpha value is -1.52. The third-order valence-corrected chi connectivity index (χ3v) is 3.75. The molecule has 0 aliphatic carbocycles. The smallest absolute Gasteiger partial charge is 0.143 e. The molecular weight excluding hydrogens is 236 g/mol. The van der Waals surface area contributed by atoms with Crippen molar-refractivity contribution < 1.29 is 0 Å². The van der Waals surface area contributed by atoms with Crippen LogP contribution in [0.25, 0.3) is 10.9 Å². The molecule has 0 bridgehead atoms. The Labute approximate surface area is 113 Å². The number of nitrogens with two attached hydrogens (primary N) is 1. The number of para-hydroxylation sites is 1. The van der Waals surface area contributed by atoms with Crippen molar-refractivity contribution in [3.05, 3.63) is 35.8 Å². The van der Waals surface area contributed by atoms with Gasteiger partial charge in [-0.05, 0) is 32.4 Å². The summed E-state index contributed by atoms with van der Waals surface area (Å²) in [5.41, 5.74) is 8.11. The third-order valence-electron chi connectivity index (χ3n) is 3.75. The van der Waals surface area contributed by atoms with Gasteiger partial charge in [-0.2, -0.15) is 0 Å². The molecule has 1 fully saturated rings. The molecule has 1 unspecified atom stereocenters. The molecule has 1 aromatic heterocycles. The highest BCUT2D eigenvalue weighted by Gasteiger charge is 2.17. The van der Waals surface area contributed by atoms with Crippen LogP contribution in [-0.2, 0) is 6.54 Å². The number of benzene rings is 1. The van der Waals surface area contributed by atoms with E-state index in [-0.39, 0.29) is 0 Å². The molecule has 0 saturated carbocycles. The summed E-state index contributed by atoms with van der Waals surface area (Å²) >= 11 is 0. The van der Waals surface area contributed by atoms with Crippen LogP contribution in [0.4, 0.5) is 0 Å².